The molecule has 0 amide bonds. The van der Waals surface area contributed by atoms with Crippen LogP contribution >= 0.6 is 0 Å². The van der Waals surface area contributed by atoms with E-state index in [1.54, 1.807) is 0 Å². The standard InChI is InChI=1S/C22H22O4.C2H5NO2/c1-22(2,3)12-18(20(23)24)21(25)26-13-19-16-10-6-4-8-14(16)15-9-5-7-11-17(15)19;3-1-2(4)5/h4-12,19H,13H2,1-3H3,(H,23,24);1,3H2,(H,4,5). The topological polar surface area (TPSA) is 127 Å². The highest BCUT2D eigenvalue weighted by atomic mass is 16.5. The van der Waals surface area contributed by atoms with Gasteiger partial charge in [-0.2, -0.15) is 0 Å². The van der Waals surface area contributed by atoms with Crippen LogP contribution in [0.4, 0.5) is 0 Å². The van der Waals surface area contributed by atoms with Crippen molar-refractivity contribution in [1.29, 1.82) is 0 Å². The average molecular weight is 425 g/mol. The predicted octanol–water partition coefficient (Wildman–Crippen LogP) is 3.43. The van der Waals surface area contributed by atoms with Gasteiger partial charge < -0.3 is 20.7 Å². The molecule has 0 spiro atoms. The molecule has 0 aliphatic heterocycles. The summed E-state index contributed by atoms with van der Waals surface area (Å²) in [6.07, 6.45) is 1.44. The minimum absolute atomic E-state index is 0.0870. The van der Waals surface area contributed by atoms with Crippen LogP contribution in [-0.2, 0) is 19.1 Å². The Balaban J connectivity index is 0.000000614. The Morgan fingerprint density at radius 3 is 1.81 bits per heavy atom. The summed E-state index contributed by atoms with van der Waals surface area (Å²) in [6.45, 7) is 5.35. The summed E-state index contributed by atoms with van der Waals surface area (Å²) in [5, 5.41) is 16.9. The largest absolute Gasteiger partial charge is 0.480 e. The number of benzene rings is 2. The van der Waals surface area contributed by atoms with Gasteiger partial charge in [0, 0.05) is 5.92 Å². The molecular weight excluding hydrogens is 398 g/mol. The Morgan fingerprint density at radius 1 is 0.968 bits per heavy atom. The van der Waals surface area contributed by atoms with Gasteiger partial charge in [-0.05, 0) is 27.7 Å². The molecule has 0 fully saturated rings. The molecule has 2 aromatic rings. The number of aliphatic carboxylic acids is 2. The number of hydrogen-bond donors (Lipinski definition) is 3. The zero-order valence-corrected chi connectivity index (χ0v) is 17.8. The fourth-order valence-corrected chi connectivity index (χ4v) is 3.32. The van der Waals surface area contributed by atoms with Crippen molar-refractivity contribution in [3.8, 4) is 11.1 Å². The van der Waals surface area contributed by atoms with Crippen LogP contribution in [0.1, 0.15) is 37.8 Å². The molecule has 0 unspecified atom stereocenters. The minimum Gasteiger partial charge on any atom is -0.480 e. The van der Waals surface area contributed by atoms with Gasteiger partial charge in [-0.1, -0.05) is 75.4 Å². The molecule has 4 N–H and O–H groups in total. The zero-order chi connectivity index (χ0) is 23.2. The van der Waals surface area contributed by atoms with Crippen molar-refractivity contribution in [2.75, 3.05) is 13.2 Å². The van der Waals surface area contributed by atoms with Gasteiger partial charge in [-0.3, -0.25) is 4.79 Å². The molecule has 164 valence electrons. The minimum atomic E-state index is -1.27. The third kappa shape index (κ3) is 6.26. The van der Waals surface area contributed by atoms with Crippen molar-refractivity contribution in [1.82, 2.24) is 0 Å². The normalized spacial score (nSPS) is 12.8. The van der Waals surface area contributed by atoms with Gasteiger partial charge in [0.05, 0.1) is 6.54 Å². The second-order valence-electron chi connectivity index (χ2n) is 8.15. The molecule has 1 aliphatic carbocycles. The first kappa shape index (κ1) is 23.8. The van der Waals surface area contributed by atoms with Crippen molar-refractivity contribution in [3.05, 3.63) is 71.3 Å². The van der Waals surface area contributed by atoms with Crippen molar-refractivity contribution < 1.29 is 29.3 Å². The van der Waals surface area contributed by atoms with Gasteiger partial charge in [0.2, 0.25) is 0 Å². The van der Waals surface area contributed by atoms with E-state index in [-0.39, 0.29) is 24.6 Å². The van der Waals surface area contributed by atoms with Crippen molar-refractivity contribution >= 4 is 17.9 Å². The number of rotatable bonds is 5. The number of carboxylic acids is 2. The number of allylic oxidation sites excluding steroid dienone is 1. The first-order chi connectivity index (χ1) is 14.5. The van der Waals surface area contributed by atoms with Crippen LogP contribution in [0.3, 0.4) is 0 Å². The fraction of sp³-hybridized carbons (Fsp3) is 0.292. The molecule has 0 radical (unpaired) electrons. The van der Waals surface area contributed by atoms with E-state index >= 15 is 0 Å². The number of esters is 1. The highest BCUT2D eigenvalue weighted by Gasteiger charge is 2.30. The quantitative estimate of drug-likeness (QED) is 0.290. The number of carbonyl (C=O) groups is 3. The van der Waals surface area contributed by atoms with Gasteiger partial charge in [-0.15, -0.1) is 0 Å². The van der Waals surface area contributed by atoms with Gasteiger partial charge in [-0.25, -0.2) is 9.59 Å². The zero-order valence-electron chi connectivity index (χ0n) is 17.8. The van der Waals surface area contributed by atoms with Crippen LogP contribution in [0, 0.1) is 5.41 Å². The molecule has 3 rings (SSSR count). The number of fused-ring (bicyclic) bond motifs is 3. The van der Waals surface area contributed by atoms with Gasteiger partial charge in [0.1, 0.15) is 12.2 Å². The molecular formula is C24H27NO6. The molecule has 1 aliphatic rings. The highest BCUT2D eigenvalue weighted by Crippen LogP contribution is 2.44. The summed E-state index contributed by atoms with van der Waals surface area (Å²) in [6, 6.07) is 16.0. The molecule has 31 heavy (non-hydrogen) atoms. The van der Waals surface area contributed by atoms with Gasteiger partial charge >= 0.3 is 17.9 Å². The maximum atomic E-state index is 12.4. The predicted molar refractivity (Wildman–Crippen MR) is 117 cm³/mol. The van der Waals surface area contributed by atoms with Crippen molar-refractivity contribution in [2.45, 2.75) is 26.7 Å². The first-order valence-electron chi connectivity index (χ1n) is 9.78. The average Bonchev–Trinajstić information content (AvgIpc) is 3.04. The molecule has 0 saturated carbocycles. The van der Waals surface area contributed by atoms with Crippen molar-refractivity contribution in [2.24, 2.45) is 11.1 Å². The molecule has 0 aromatic heterocycles. The van der Waals surface area contributed by atoms with E-state index in [2.05, 4.69) is 17.9 Å². The Labute approximate surface area is 181 Å². The fourth-order valence-electron chi connectivity index (χ4n) is 3.32. The third-order valence-corrected chi connectivity index (χ3v) is 4.55. The second-order valence-corrected chi connectivity index (χ2v) is 8.15. The summed E-state index contributed by atoms with van der Waals surface area (Å²) in [5.74, 6) is -3.12. The van der Waals surface area contributed by atoms with E-state index < -0.39 is 23.3 Å². The maximum absolute atomic E-state index is 12.4. The Kier molecular flexibility index (Phi) is 7.72. The first-order valence-corrected chi connectivity index (χ1v) is 9.78. The number of carbonyl (C=O) groups excluding carboxylic acids is 1. The third-order valence-electron chi connectivity index (χ3n) is 4.55. The summed E-state index contributed by atoms with van der Waals surface area (Å²) >= 11 is 0. The molecule has 7 heteroatoms. The molecule has 0 bridgehead atoms. The number of hydrogen-bond acceptors (Lipinski definition) is 5. The molecule has 2 aromatic carbocycles. The lowest BCUT2D eigenvalue weighted by molar-refractivity contribution is -0.144. The molecule has 7 nitrogen and oxygen atoms in total. The Hall–Kier alpha value is -3.45. The molecule has 0 heterocycles. The lowest BCUT2D eigenvalue weighted by Crippen LogP contribution is -2.20. The number of carboxylic acid groups (broad SMARTS) is 2. The Morgan fingerprint density at radius 2 is 1.42 bits per heavy atom. The van der Waals surface area contributed by atoms with Crippen LogP contribution in [0.2, 0.25) is 0 Å². The summed E-state index contributed by atoms with van der Waals surface area (Å²) < 4.78 is 5.42. The van der Waals surface area contributed by atoms with Crippen LogP contribution in [-0.4, -0.2) is 41.3 Å². The summed E-state index contributed by atoms with van der Waals surface area (Å²) in [4.78, 5) is 33.1. The van der Waals surface area contributed by atoms with Crippen LogP contribution in [0.15, 0.2) is 60.2 Å². The van der Waals surface area contributed by atoms with E-state index in [9.17, 15) is 19.5 Å². The maximum Gasteiger partial charge on any atom is 0.345 e. The van der Waals surface area contributed by atoms with E-state index in [1.165, 1.54) is 6.08 Å². The van der Waals surface area contributed by atoms with E-state index in [0.29, 0.717) is 0 Å². The monoisotopic (exact) mass is 425 g/mol. The van der Waals surface area contributed by atoms with Gasteiger partial charge in [0.15, 0.2) is 0 Å². The van der Waals surface area contributed by atoms with Gasteiger partial charge in [0.25, 0.3) is 0 Å². The second kappa shape index (κ2) is 10.0. The van der Waals surface area contributed by atoms with Crippen LogP contribution in [0.5, 0.6) is 0 Å². The summed E-state index contributed by atoms with van der Waals surface area (Å²) in [7, 11) is 0. The van der Waals surface area contributed by atoms with E-state index in [1.807, 2.05) is 57.2 Å². The lowest BCUT2D eigenvalue weighted by Gasteiger charge is -2.16. The molecule has 0 atom stereocenters. The lowest BCUT2D eigenvalue weighted by atomic mass is 9.93. The van der Waals surface area contributed by atoms with Crippen LogP contribution in [0.25, 0.3) is 11.1 Å². The SMILES string of the molecule is CC(C)(C)C=C(C(=O)O)C(=O)OCC1c2ccccc2-c2ccccc21.NCC(=O)O. The highest BCUT2D eigenvalue weighted by molar-refractivity contribution is 6.13. The Bertz CT molecular complexity index is 958. The smallest absolute Gasteiger partial charge is 0.345 e. The van der Waals surface area contributed by atoms with Crippen LogP contribution < -0.4 is 5.73 Å². The number of nitrogens with two attached hydrogens (primary N) is 1. The number of ether oxygens (including phenoxy) is 1. The van der Waals surface area contributed by atoms with E-state index in [4.69, 9.17) is 9.84 Å². The summed E-state index contributed by atoms with van der Waals surface area (Å²) in [5.41, 5.74) is 8.27. The van der Waals surface area contributed by atoms with Crippen molar-refractivity contribution in [3.63, 3.8) is 0 Å². The van der Waals surface area contributed by atoms with E-state index in [0.717, 1.165) is 22.3 Å². The molecule has 0 saturated heterocycles.